The summed E-state index contributed by atoms with van der Waals surface area (Å²) in [6.45, 7) is 2.66. The second-order valence-corrected chi connectivity index (χ2v) is 9.76. The van der Waals surface area contributed by atoms with Crippen molar-refractivity contribution in [3.05, 3.63) is 55.9 Å². The lowest BCUT2D eigenvalue weighted by Gasteiger charge is -2.18. The molecular weight excluding hydrogens is 420 g/mol. The summed E-state index contributed by atoms with van der Waals surface area (Å²) in [5.74, 6) is 0.966. The first-order valence-corrected chi connectivity index (χ1v) is 11.3. The fraction of sp³-hybridized carbons (Fsp3) is 0.409. The van der Waals surface area contributed by atoms with Gasteiger partial charge in [0.25, 0.3) is 5.56 Å². The zero-order valence-electron chi connectivity index (χ0n) is 17.4. The first-order valence-electron chi connectivity index (χ1n) is 10.1. The monoisotopic (exact) mass is 444 g/mol. The summed E-state index contributed by atoms with van der Waals surface area (Å²) >= 11 is 7.54. The predicted octanol–water partition coefficient (Wildman–Crippen LogP) is 3.94. The van der Waals surface area contributed by atoms with Crippen molar-refractivity contribution in [1.29, 1.82) is 0 Å². The molecule has 0 bridgehead atoms. The molecule has 3 aromatic rings. The number of amides is 1. The quantitative estimate of drug-likeness (QED) is 0.647. The highest BCUT2D eigenvalue weighted by atomic mass is 35.5. The van der Waals surface area contributed by atoms with Crippen molar-refractivity contribution in [1.82, 2.24) is 14.5 Å². The number of aryl methyl sites for hydroxylation is 1. The largest absolute Gasteiger partial charge is 0.325 e. The molecule has 6 nitrogen and oxygen atoms in total. The second kappa shape index (κ2) is 8.49. The molecule has 1 N–H and O–H groups in total. The number of hydrogen-bond donors (Lipinski definition) is 1. The van der Waals surface area contributed by atoms with Gasteiger partial charge in [0.15, 0.2) is 0 Å². The molecule has 0 radical (unpaired) electrons. The topological polar surface area (TPSA) is 67.2 Å². The summed E-state index contributed by atoms with van der Waals surface area (Å²) < 4.78 is 1.53. The van der Waals surface area contributed by atoms with Gasteiger partial charge in [-0.25, -0.2) is 4.98 Å². The van der Waals surface area contributed by atoms with E-state index in [1.54, 1.807) is 35.6 Å². The molecule has 1 aliphatic rings. The normalized spacial score (nSPS) is 16.1. The van der Waals surface area contributed by atoms with Crippen LogP contribution in [0.2, 0.25) is 5.02 Å². The molecule has 1 atom stereocenters. The predicted molar refractivity (Wildman–Crippen MR) is 123 cm³/mol. The Morgan fingerprint density at radius 2 is 2.07 bits per heavy atom. The number of carbonyl (C=O) groups excluding carboxylic acids is 1. The minimum absolute atomic E-state index is 0.0748. The number of nitrogens with zero attached hydrogens (tertiary/aromatic N) is 3. The van der Waals surface area contributed by atoms with E-state index in [-0.39, 0.29) is 18.0 Å². The number of hydrogen-bond acceptors (Lipinski definition) is 5. The summed E-state index contributed by atoms with van der Waals surface area (Å²) in [7, 11) is 3.85. The van der Waals surface area contributed by atoms with Gasteiger partial charge in [0.2, 0.25) is 5.91 Å². The molecule has 2 aromatic heterocycles. The maximum atomic E-state index is 13.5. The molecule has 158 valence electrons. The fourth-order valence-corrected chi connectivity index (χ4v) is 5.43. The Kier molecular flexibility index (Phi) is 5.95. The number of fused-ring (bicyclic) bond motifs is 3. The first-order chi connectivity index (χ1) is 14.3. The summed E-state index contributed by atoms with van der Waals surface area (Å²) in [4.78, 5) is 35.1. The van der Waals surface area contributed by atoms with Gasteiger partial charge in [-0.1, -0.05) is 18.5 Å². The minimum Gasteiger partial charge on any atom is -0.325 e. The lowest BCUT2D eigenvalue weighted by molar-refractivity contribution is -0.116. The Bertz CT molecular complexity index is 1150. The molecule has 1 aliphatic carbocycles. The Morgan fingerprint density at radius 1 is 1.33 bits per heavy atom. The number of aromatic nitrogens is 2. The molecule has 0 saturated heterocycles. The van der Waals surface area contributed by atoms with Crippen molar-refractivity contribution in [2.75, 3.05) is 19.4 Å². The van der Waals surface area contributed by atoms with Crippen LogP contribution < -0.4 is 10.9 Å². The Labute approximate surface area is 184 Å². The molecule has 0 saturated carbocycles. The van der Waals surface area contributed by atoms with E-state index in [0.29, 0.717) is 34.4 Å². The third-order valence-electron chi connectivity index (χ3n) is 5.38. The van der Waals surface area contributed by atoms with Gasteiger partial charge in [-0.15, -0.1) is 11.3 Å². The zero-order chi connectivity index (χ0) is 21.4. The van der Waals surface area contributed by atoms with E-state index in [0.717, 1.165) is 29.7 Å². The minimum atomic E-state index is -0.265. The highest BCUT2D eigenvalue weighted by Crippen LogP contribution is 2.35. The van der Waals surface area contributed by atoms with Gasteiger partial charge >= 0.3 is 0 Å². The van der Waals surface area contributed by atoms with Crippen LogP contribution in [0.25, 0.3) is 10.2 Å². The summed E-state index contributed by atoms with van der Waals surface area (Å²) in [6.07, 6.45) is 2.97. The Hall–Kier alpha value is -2.22. The van der Waals surface area contributed by atoms with Gasteiger partial charge in [0.05, 0.1) is 11.9 Å². The van der Waals surface area contributed by atoms with Crippen LogP contribution in [0, 0.1) is 5.92 Å². The second-order valence-electron chi connectivity index (χ2n) is 8.24. The van der Waals surface area contributed by atoms with Crippen molar-refractivity contribution in [2.45, 2.75) is 39.3 Å². The standard InChI is InChI=1S/C22H25ClN4O2S/c1-13-4-9-16-17(10-13)30-21-20(16)22(29)27(18(25-21)11-26(2)3)12-19(28)24-15-7-5-14(23)6-8-15/h5-8,13H,4,9-12H2,1-3H3,(H,24,28). The van der Waals surface area contributed by atoms with Gasteiger partial charge in [0.1, 0.15) is 17.2 Å². The lowest BCUT2D eigenvalue weighted by Crippen LogP contribution is -2.33. The molecule has 0 aliphatic heterocycles. The number of rotatable bonds is 5. The van der Waals surface area contributed by atoms with Gasteiger partial charge in [-0.2, -0.15) is 0 Å². The SMILES string of the molecule is CC1CCc2c(sc3nc(CN(C)C)n(CC(=O)Nc4ccc(Cl)cc4)c(=O)c23)C1. The van der Waals surface area contributed by atoms with E-state index < -0.39 is 0 Å². The van der Waals surface area contributed by atoms with Crippen LogP contribution in [0.4, 0.5) is 5.69 Å². The number of nitrogens with one attached hydrogen (secondary N) is 1. The molecule has 0 spiro atoms. The first kappa shape index (κ1) is 21.0. The van der Waals surface area contributed by atoms with Crippen LogP contribution in [-0.4, -0.2) is 34.5 Å². The molecule has 1 unspecified atom stereocenters. The van der Waals surface area contributed by atoms with Gasteiger partial charge in [0, 0.05) is 15.6 Å². The highest BCUT2D eigenvalue weighted by Gasteiger charge is 2.25. The number of carbonyl (C=O) groups is 1. The summed E-state index contributed by atoms with van der Waals surface area (Å²) in [6, 6.07) is 6.91. The van der Waals surface area contributed by atoms with Crippen molar-refractivity contribution >= 4 is 44.7 Å². The van der Waals surface area contributed by atoms with Crippen LogP contribution in [0.15, 0.2) is 29.1 Å². The number of thiophene rings is 1. The van der Waals surface area contributed by atoms with Crippen LogP contribution in [0.3, 0.4) is 0 Å². The van der Waals surface area contributed by atoms with Gasteiger partial charge < -0.3 is 10.2 Å². The molecule has 4 rings (SSSR count). The third kappa shape index (κ3) is 4.29. The van der Waals surface area contributed by atoms with Crippen molar-refractivity contribution in [3.8, 4) is 0 Å². The van der Waals surface area contributed by atoms with Crippen molar-refractivity contribution in [3.63, 3.8) is 0 Å². The Morgan fingerprint density at radius 3 is 2.77 bits per heavy atom. The van der Waals surface area contributed by atoms with Crippen molar-refractivity contribution < 1.29 is 4.79 Å². The average molecular weight is 445 g/mol. The van der Waals surface area contributed by atoms with E-state index in [2.05, 4.69) is 12.2 Å². The number of anilines is 1. The average Bonchev–Trinajstić information content (AvgIpc) is 3.03. The van der Waals surface area contributed by atoms with E-state index in [4.69, 9.17) is 16.6 Å². The molecule has 0 fully saturated rings. The summed E-state index contributed by atoms with van der Waals surface area (Å²) in [5.41, 5.74) is 1.66. The van der Waals surface area contributed by atoms with E-state index in [1.807, 2.05) is 19.0 Å². The Balaban J connectivity index is 1.72. The van der Waals surface area contributed by atoms with Gasteiger partial charge in [-0.3, -0.25) is 14.2 Å². The van der Waals surface area contributed by atoms with Crippen LogP contribution in [-0.2, 0) is 30.7 Å². The molecule has 8 heteroatoms. The number of benzene rings is 1. The smallest absolute Gasteiger partial charge is 0.263 e. The van der Waals surface area contributed by atoms with Crippen LogP contribution >= 0.6 is 22.9 Å². The molecule has 30 heavy (non-hydrogen) atoms. The van der Waals surface area contributed by atoms with Crippen molar-refractivity contribution in [2.24, 2.45) is 5.92 Å². The maximum Gasteiger partial charge on any atom is 0.263 e. The lowest BCUT2D eigenvalue weighted by atomic mass is 9.89. The number of halogens is 1. The third-order valence-corrected chi connectivity index (χ3v) is 6.78. The summed E-state index contributed by atoms with van der Waals surface area (Å²) in [5, 5.41) is 4.14. The zero-order valence-corrected chi connectivity index (χ0v) is 18.9. The van der Waals surface area contributed by atoms with Crippen LogP contribution in [0.1, 0.15) is 29.6 Å². The van der Waals surface area contributed by atoms with E-state index in [9.17, 15) is 9.59 Å². The molecule has 1 aromatic carbocycles. The van der Waals surface area contributed by atoms with Gasteiger partial charge in [-0.05, 0) is 69.1 Å². The van der Waals surface area contributed by atoms with E-state index >= 15 is 0 Å². The fourth-order valence-electron chi connectivity index (χ4n) is 3.91. The van der Waals surface area contributed by atoms with E-state index in [1.165, 1.54) is 9.44 Å². The molecule has 1 amide bonds. The highest BCUT2D eigenvalue weighted by molar-refractivity contribution is 7.18. The molecule has 2 heterocycles. The van der Waals surface area contributed by atoms with Crippen LogP contribution in [0.5, 0.6) is 0 Å². The maximum absolute atomic E-state index is 13.5. The molecular formula is C22H25ClN4O2S.